The summed E-state index contributed by atoms with van der Waals surface area (Å²) >= 11 is 0. The summed E-state index contributed by atoms with van der Waals surface area (Å²) in [6.07, 6.45) is 1.10. The Labute approximate surface area is 116 Å². The van der Waals surface area contributed by atoms with Crippen molar-refractivity contribution in [1.82, 2.24) is 14.9 Å². The molecule has 5 nitrogen and oxygen atoms in total. The second-order valence-electron chi connectivity index (χ2n) is 5.39. The highest BCUT2D eigenvalue weighted by Gasteiger charge is 2.11. The number of anilines is 2. The van der Waals surface area contributed by atoms with Crippen molar-refractivity contribution in [3.63, 3.8) is 0 Å². The smallest absolute Gasteiger partial charge is 0.135 e. The maximum atomic E-state index is 4.62. The van der Waals surface area contributed by atoms with Gasteiger partial charge in [0.15, 0.2) is 0 Å². The number of hydrogen-bond donors (Lipinski definition) is 2. The minimum Gasteiger partial charge on any atom is -0.373 e. The lowest BCUT2D eigenvalue weighted by atomic mass is 10.2. The maximum Gasteiger partial charge on any atom is 0.135 e. The van der Waals surface area contributed by atoms with E-state index in [2.05, 4.69) is 53.4 Å². The molecule has 5 heteroatoms. The van der Waals surface area contributed by atoms with Gasteiger partial charge in [-0.3, -0.25) is 0 Å². The number of nitrogens with zero attached hydrogens (tertiary/aromatic N) is 3. The SMILES string of the molecule is CNc1nc(C(C)C)nc(NCCCN(C)C)c1C. The van der Waals surface area contributed by atoms with E-state index in [9.17, 15) is 0 Å². The molecule has 0 saturated heterocycles. The summed E-state index contributed by atoms with van der Waals surface area (Å²) in [5, 5.41) is 6.56. The minimum atomic E-state index is 0.329. The van der Waals surface area contributed by atoms with Crippen molar-refractivity contribution in [3.8, 4) is 0 Å². The molecule has 0 aliphatic heterocycles. The zero-order chi connectivity index (χ0) is 14.4. The predicted octanol–water partition coefficient (Wildman–Crippen LogP) is 2.31. The van der Waals surface area contributed by atoms with E-state index in [1.807, 2.05) is 14.0 Å². The summed E-state index contributed by atoms with van der Waals surface area (Å²) in [5.41, 5.74) is 1.08. The van der Waals surface area contributed by atoms with E-state index >= 15 is 0 Å². The van der Waals surface area contributed by atoms with Crippen LogP contribution in [0.1, 0.15) is 37.6 Å². The van der Waals surface area contributed by atoms with Crippen LogP contribution in [0.25, 0.3) is 0 Å². The van der Waals surface area contributed by atoms with Crippen molar-refractivity contribution in [2.24, 2.45) is 0 Å². The van der Waals surface area contributed by atoms with Crippen LogP contribution >= 0.6 is 0 Å². The van der Waals surface area contributed by atoms with Gasteiger partial charge in [0.2, 0.25) is 0 Å². The van der Waals surface area contributed by atoms with Gasteiger partial charge < -0.3 is 15.5 Å². The molecule has 1 aromatic heterocycles. The molecule has 0 fully saturated rings. The Kier molecular flexibility index (Phi) is 6.02. The van der Waals surface area contributed by atoms with Crippen molar-refractivity contribution in [1.29, 1.82) is 0 Å². The molecule has 0 atom stereocenters. The quantitative estimate of drug-likeness (QED) is 0.741. The summed E-state index contributed by atoms with van der Waals surface area (Å²) in [7, 11) is 6.08. The summed E-state index contributed by atoms with van der Waals surface area (Å²) in [5.74, 6) is 3.07. The third-order valence-electron chi connectivity index (χ3n) is 2.99. The molecule has 1 aromatic rings. The molecule has 0 aromatic carbocycles. The van der Waals surface area contributed by atoms with E-state index in [-0.39, 0.29) is 0 Å². The molecular weight excluding hydrogens is 238 g/mol. The van der Waals surface area contributed by atoms with E-state index in [1.54, 1.807) is 0 Å². The van der Waals surface area contributed by atoms with Crippen molar-refractivity contribution in [3.05, 3.63) is 11.4 Å². The lowest BCUT2D eigenvalue weighted by molar-refractivity contribution is 0.405. The molecule has 0 saturated carbocycles. The van der Waals surface area contributed by atoms with Crippen LogP contribution in [-0.2, 0) is 0 Å². The molecule has 0 aliphatic rings. The molecule has 0 radical (unpaired) electrons. The molecule has 0 unspecified atom stereocenters. The third-order valence-corrected chi connectivity index (χ3v) is 2.99. The Morgan fingerprint density at radius 2 is 1.79 bits per heavy atom. The first-order valence-corrected chi connectivity index (χ1v) is 6.90. The maximum absolute atomic E-state index is 4.62. The average Bonchev–Trinajstić information content (AvgIpc) is 2.35. The van der Waals surface area contributed by atoms with Gasteiger partial charge in [0.05, 0.1) is 0 Å². The highest BCUT2D eigenvalue weighted by molar-refractivity contribution is 5.57. The lowest BCUT2D eigenvalue weighted by Gasteiger charge is -2.16. The van der Waals surface area contributed by atoms with Crippen LogP contribution in [0.5, 0.6) is 0 Å². The van der Waals surface area contributed by atoms with E-state index in [0.29, 0.717) is 5.92 Å². The first-order chi connectivity index (χ1) is 8.95. The third kappa shape index (κ3) is 4.67. The van der Waals surface area contributed by atoms with Crippen molar-refractivity contribution in [2.75, 3.05) is 44.9 Å². The molecule has 0 bridgehead atoms. The molecule has 0 amide bonds. The summed E-state index contributed by atoms with van der Waals surface area (Å²) in [6, 6.07) is 0. The largest absolute Gasteiger partial charge is 0.373 e. The van der Waals surface area contributed by atoms with Crippen LogP contribution < -0.4 is 10.6 Å². The molecule has 19 heavy (non-hydrogen) atoms. The van der Waals surface area contributed by atoms with E-state index in [1.165, 1.54) is 0 Å². The highest BCUT2D eigenvalue weighted by atomic mass is 15.1. The highest BCUT2D eigenvalue weighted by Crippen LogP contribution is 2.22. The zero-order valence-corrected chi connectivity index (χ0v) is 13.0. The Bertz CT molecular complexity index is 401. The van der Waals surface area contributed by atoms with Crippen LogP contribution in [0.15, 0.2) is 0 Å². The first-order valence-electron chi connectivity index (χ1n) is 6.90. The van der Waals surface area contributed by atoms with Crippen molar-refractivity contribution >= 4 is 11.6 Å². The summed E-state index contributed by atoms with van der Waals surface area (Å²) < 4.78 is 0. The monoisotopic (exact) mass is 265 g/mol. The molecule has 0 aliphatic carbocycles. The number of aromatic nitrogens is 2. The predicted molar refractivity (Wildman–Crippen MR) is 82.1 cm³/mol. The molecule has 2 N–H and O–H groups in total. The Hall–Kier alpha value is -1.36. The van der Waals surface area contributed by atoms with E-state index in [4.69, 9.17) is 0 Å². The summed E-state index contributed by atoms with van der Waals surface area (Å²) in [4.78, 5) is 11.3. The molecule has 1 heterocycles. The second kappa shape index (κ2) is 7.28. The molecule has 108 valence electrons. The Balaban J connectivity index is 2.78. The lowest BCUT2D eigenvalue weighted by Crippen LogP contribution is -2.17. The van der Waals surface area contributed by atoms with E-state index < -0.39 is 0 Å². The van der Waals surface area contributed by atoms with Crippen LogP contribution in [0, 0.1) is 6.92 Å². The Morgan fingerprint density at radius 3 is 2.32 bits per heavy atom. The number of rotatable bonds is 7. The number of nitrogens with one attached hydrogen (secondary N) is 2. The van der Waals surface area contributed by atoms with Crippen LogP contribution in [-0.4, -0.2) is 49.1 Å². The second-order valence-corrected chi connectivity index (χ2v) is 5.39. The van der Waals surface area contributed by atoms with Gasteiger partial charge >= 0.3 is 0 Å². The molecule has 1 rings (SSSR count). The van der Waals surface area contributed by atoms with Crippen molar-refractivity contribution < 1.29 is 0 Å². The fraction of sp³-hybridized carbons (Fsp3) is 0.714. The topological polar surface area (TPSA) is 53.1 Å². The van der Waals surface area contributed by atoms with Gasteiger partial charge in [0, 0.05) is 25.1 Å². The summed E-state index contributed by atoms with van der Waals surface area (Å²) in [6.45, 7) is 8.27. The molecule has 0 spiro atoms. The standard InChI is InChI=1S/C14H27N5/c1-10(2)12-17-13(15-4)11(3)14(18-12)16-8-7-9-19(5)6/h10H,7-9H2,1-6H3,(H2,15,16,17,18). The van der Waals surface area contributed by atoms with Gasteiger partial charge in [-0.1, -0.05) is 13.8 Å². The number of hydrogen-bond acceptors (Lipinski definition) is 5. The van der Waals surface area contributed by atoms with E-state index in [0.717, 1.165) is 42.5 Å². The van der Waals surface area contributed by atoms with Gasteiger partial charge in [-0.2, -0.15) is 0 Å². The Morgan fingerprint density at radius 1 is 1.16 bits per heavy atom. The van der Waals surface area contributed by atoms with Crippen LogP contribution in [0.3, 0.4) is 0 Å². The van der Waals surface area contributed by atoms with Gasteiger partial charge in [0.1, 0.15) is 17.5 Å². The minimum absolute atomic E-state index is 0.329. The van der Waals surface area contributed by atoms with Crippen molar-refractivity contribution in [2.45, 2.75) is 33.1 Å². The first kappa shape index (κ1) is 15.7. The van der Waals surface area contributed by atoms with Gasteiger partial charge in [-0.15, -0.1) is 0 Å². The fourth-order valence-electron chi connectivity index (χ4n) is 1.81. The normalized spacial score (nSPS) is 11.2. The van der Waals surface area contributed by atoms with Crippen LogP contribution in [0.2, 0.25) is 0 Å². The average molecular weight is 265 g/mol. The fourth-order valence-corrected chi connectivity index (χ4v) is 1.81. The van der Waals surface area contributed by atoms with Gasteiger partial charge in [0.25, 0.3) is 0 Å². The van der Waals surface area contributed by atoms with Gasteiger partial charge in [-0.05, 0) is 34.0 Å². The van der Waals surface area contributed by atoms with Gasteiger partial charge in [-0.25, -0.2) is 9.97 Å². The van der Waals surface area contributed by atoms with Crippen LogP contribution in [0.4, 0.5) is 11.6 Å². The molecular formula is C14H27N5. The zero-order valence-electron chi connectivity index (χ0n) is 13.0.